The Morgan fingerprint density at radius 1 is 0.273 bits per heavy atom. The monoisotopic (exact) mass is 334 g/mol. The molecule has 12 N–H and O–H groups in total. The summed E-state index contributed by atoms with van der Waals surface area (Å²) in [7, 11) is 0. The van der Waals surface area contributed by atoms with Gasteiger partial charge in [-0.15, -0.1) is 0 Å². The first-order valence-electron chi connectivity index (χ1n) is 0. The van der Waals surface area contributed by atoms with Crippen LogP contribution in [0.3, 0.4) is 0 Å². The molecule has 0 aliphatic carbocycles. The molecule has 0 atom stereocenters. The van der Waals surface area contributed by atoms with Gasteiger partial charge in [-0.05, 0) is 0 Å². The van der Waals surface area contributed by atoms with Gasteiger partial charge < -0.3 is 49.3 Å². The molecule has 0 rings (SSSR count). The molecule has 0 spiro atoms. The van der Waals surface area contributed by atoms with Crippen LogP contribution < -0.4 is 0 Å². The quantitative estimate of drug-likeness (QED) is 0.401. The van der Waals surface area contributed by atoms with Crippen LogP contribution in [0.5, 0.6) is 0 Å². The summed E-state index contributed by atoms with van der Waals surface area (Å²) in [5.74, 6) is 0. The van der Waals surface area contributed by atoms with E-state index in [1.165, 1.54) is 0 Å². The number of hydrogen-bond donors (Lipinski definition) is 0. The molecular weight excluding hydrogens is 322 g/mol. The molecular formula is H12O9Y2. The Labute approximate surface area is 113 Å². The van der Waals surface area contributed by atoms with Crippen molar-refractivity contribution in [2.24, 2.45) is 0 Å². The van der Waals surface area contributed by atoms with Crippen molar-refractivity contribution in [3.8, 4) is 0 Å². The van der Waals surface area contributed by atoms with Gasteiger partial charge in [0, 0.05) is 0 Å². The van der Waals surface area contributed by atoms with Crippen molar-refractivity contribution >= 4 is 0 Å². The second kappa shape index (κ2) is 408. The van der Waals surface area contributed by atoms with E-state index in [9.17, 15) is 0 Å². The Balaban J connectivity index is 0. The molecule has 0 bridgehead atoms. The Morgan fingerprint density at radius 3 is 0.273 bits per heavy atom. The number of hydrogen-bond acceptors (Lipinski definition) is 0. The first-order valence-corrected chi connectivity index (χ1v) is 0. The van der Waals surface area contributed by atoms with Crippen molar-refractivity contribution in [2.45, 2.75) is 0 Å². The van der Waals surface area contributed by atoms with E-state index in [0.29, 0.717) is 0 Å². The molecule has 0 aromatic carbocycles. The summed E-state index contributed by atoms with van der Waals surface area (Å²) in [4.78, 5) is 0. The van der Waals surface area contributed by atoms with E-state index < -0.39 is 0 Å². The molecule has 0 aliphatic rings. The standard InChI is InChI=1S/6H2O.3O.2Y/h6*1H2;;;;;/q;;;;;;3*-2;2*+3. The molecule has 0 aromatic rings. The number of rotatable bonds is 0. The third kappa shape index (κ3) is 337. The van der Waals surface area contributed by atoms with Crippen LogP contribution in [0.2, 0.25) is 0 Å². The zero-order chi connectivity index (χ0) is 0. The van der Waals surface area contributed by atoms with Crippen molar-refractivity contribution < 1.29 is 115 Å². The van der Waals surface area contributed by atoms with Gasteiger partial charge in [-0.25, -0.2) is 0 Å². The minimum Gasteiger partial charge on any atom is -2.00 e. The predicted octanol–water partition coefficient (Wildman–Crippen LogP) is -5.31. The van der Waals surface area contributed by atoms with Gasteiger partial charge in [-0.3, -0.25) is 0 Å². The van der Waals surface area contributed by atoms with Gasteiger partial charge >= 0.3 is 65.4 Å². The Bertz CT molecular complexity index is 7.52. The first kappa shape index (κ1) is 528. The molecule has 0 heterocycles. The summed E-state index contributed by atoms with van der Waals surface area (Å²) >= 11 is 0. The van der Waals surface area contributed by atoms with E-state index in [2.05, 4.69) is 0 Å². The molecule has 0 fully saturated rings. The first-order chi connectivity index (χ1) is 0. The fraction of sp³-hybridized carbons (Fsp3) is 0. The van der Waals surface area contributed by atoms with E-state index in [0.717, 1.165) is 0 Å². The van der Waals surface area contributed by atoms with Crippen molar-refractivity contribution in [3.63, 3.8) is 0 Å². The molecule has 0 amide bonds. The van der Waals surface area contributed by atoms with Gasteiger partial charge in [0.25, 0.3) is 0 Å². The molecule has 9 nitrogen and oxygen atoms in total. The SMILES string of the molecule is O.O.O.O.O.O.[O-2].[O-2].[O-2].[Y+3].[Y+3]. The van der Waals surface area contributed by atoms with Crippen LogP contribution in [0.1, 0.15) is 0 Å². The van der Waals surface area contributed by atoms with Crippen LogP contribution in [0.25, 0.3) is 0 Å². The predicted molar refractivity (Wildman–Crippen MR) is 23.7 cm³/mol. The minimum atomic E-state index is 0. The average molecular weight is 334 g/mol. The van der Waals surface area contributed by atoms with Crippen LogP contribution in [0, 0.1) is 0 Å². The average Bonchev–Trinajstić information content (AvgIpc) is 0. The van der Waals surface area contributed by atoms with E-state index >= 15 is 0 Å². The van der Waals surface area contributed by atoms with Crippen LogP contribution >= 0.6 is 0 Å². The maximum absolute atomic E-state index is 0. The van der Waals surface area contributed by atoms with Crippen molar-refractivity contribution in [3.05, 3.63) is 0 Å². The second-order valence-corrected chi connectivity index (χ2v) is 0. The summed E-state index contributed by atoms with van der Waals surface area (Å²) in [6, 6.07) is 0. The molecule has 72 valence electrons. The summed E-state index contributed by atoms with van der Waals surface area (Å²) in [6.45, 7) is 0. The van der Waals surface area contributed by atoms with Crippen LogP contribution in [0.15, 0.2) is 0 Å². The van der Waals surface area contributed by atoms with Crippen molar-refractivity contribution in [1.29, 1.82) is 0 Å². The Morgan fingerprint density at radius 2 is 0.273 bits per heavy atom. The summed E-state index contributed by atoms with van der Waals surface area (Å²) < 4.78 is 0. The van der Waals surface area contributed by atoms with E-state index in [1.807, 2.05) is 0 Å². The van der Waals surface area contributed by atoms with Crippen LogP contribution in [0.4, 0.5) is 0 Å². The normalized spacial score (nSPS) is 0. The van der Waals surface area contributed by atoms with Crippen molar-refractivity contribution in [1.82, 2.24) is 0 Å². The largest absolute Gasteiger partial charge is 3.00 e. The van der Waals surface area contributed by atoms with Gasteiger partial charge in [0.05, 0.1) is 0 Å². The molecule has 0 aromatic heterocycles. The second-order valence-electron chi connectivity index (χ2n) is 0. The molecule has 11 heteroatoms. The third-order valence-corrected chi connectivity index (χ3v) is 0. The minimum absolute atomic E-state index is 0. The maximum atomic E-state index is 0. The molecule has 0 aliphatic heterocycles. The van der Waals surface area contributed by atoms with Crippen LogP contribution in [-0.4, -0.2) is 32.9 Å². The Kier molecular flexibility index (Phi) is 19600. The maximum Gasteiger partial charge on any atom is 3.00 e. The molecule has 0 radical (unpaired) electrons. The molecule has 0 unspecified atom stereocenters. The smallest absolute Gasteiger partial charge is 2.00 e. The van der Waals surface area contributed by atoms with E-state index in [4.69, 9.17) is 0 Å². The zero-order valence-electron chi connectivity index (χ0n) is 5.38. The Hall–Kier alpha value is 1.85. The molecule has 11 heavy (non-hydrogen) atoms. The van der Waals surface area contributed by atoms with Crippen molar-refractivity contribution in [2.75, 3.05) is 0 Å². The van der Waals surface area contributed by atoms with Crippen LogP contribution in [-0.2, 0) is 81.8 Å². The van der Waals surface area contributed by atoms with Gasteiger partial charge in [0.15, 0.2) is 0 Å². The third-order valence-electron chi connectivity index (χ3n) is 0. The van der Waals surface area contributed by atoms with E-state index in [-0.39, 0.29) is 115 Å². The van der Waals surface area contributed by atoms with Gasteiger partial charge in [-0.1, -0.05) is 0 Å². The molecule has 0 saturated carbocycles. The summed E-state index contributed by atoms with van der Waals surface area (Å²) in [5, 5.41) is 0. The summed E-state index contributed by atoms with van der Waals surface area (Å²) in [6.07, 6.45) is 0. The van der Waals surface area contributed by atoms with Gasteiger partial charge in [0.2, 0.25) is 0 Å². The molecule has 0 saturated heterocycles. The van der Waals surface area contributed by atoms with Gasteiger partial charge in [0.1, 0.15) is 0 Å². The van der Waals surface area contributed by atoms with E-state index in [1.54, 1.807) is 0 Å². The zero-order valence-corrected chi connectivity index (χ0v) is 11.1. The van der Waals surface area contributed by atoms with Gasteiger partial charge in [-0.2, -0.15) is 0 Å². The summed E-state index contributed by atoms with van der Waals surface area (Å²) in [5.41, 5.74) is 0. The fourth-order valence-electron chi connectivity index (χ4n) is 0. The fourth-order valence-corrected chi connectivity index (χ4v) is 0. The topological polar surface area (TPSA) is 274 Å².